The van der Waals surface area contributed by atoms with E-state index >= 15 is 0 Å². The molecule has 0 bridgehead atoms. The van der Waals surface area contributed by atoms with E-state index < -0.39 is 6.10 Å². The third-order valence-electron chi connectivity index (χ3n) is 3.50. The van der Waals surface area contributed by atoms with Crippen molar-refractivity contribution < 1.29 is 5.11 Å². The number of aryl methyl sites for hydroxylation is 1. The van der Waals surface area contributed by atoms with Crippen LogP contribution >= 0.6 is 11.3 Å². The molecular formula is C17H16OS. The first-order chi connectivity index (χ1) is 9.29. The van der Waals surface area contributed by atoms with E-state index in [1.807, 2.05) is 18.2 Å². The predicted molar refractivity (Wildman–Crippen MR) is 81.7 cm³/mol. The van der Waals surface area contributed by atoms with E-state index in [9.17, 15) is 5.11 Å². The maximum Gasteiger partial charge on any atom is 0.113 e. The molecule has 0 aliphatic carbocycles. The number of hydrogen-bond donors (Lipinski definition) is 1. The van der Waals surface area contributed by atoms with Gasteiger partial charge in [0.15, 0.2) is 0 Å². The first kappa shape index (κ1) is 12.4. The van der Waals surface area contributed by atoms with Gasteiger partial charge in [0.1, 0.15) is 6.10 Å². The molecule has 0 fully saturated rings. The first-order valence-electron chi connectivity index (χ1n) is 6.52. The van der Waals surface area contributed by atoms with Gasteiger partial charge in [0.2, 0.25) is 0 Å². The van der Waals surface area contributed by atoms with Crippen LogP contribution in [0.1, 0.15) is 29.0 Å². The first-order valence-corrected chi connectivity index (χ1v) is 7.40. The molecule has 3 rings (SSSR count). The minimum absolute atomic E-state index is 0.514. The quantitative estimate of drug-likeness (QED) is 0.739. The Morgan fingerprint density at radius 3 is 2.63 bits per heavy atom. The van der Waals surface area contributed by atoms with Crippen molar-refractivity contribution >= 4 is 22.1 Å². The summed E-state index contributed by atoms with van der Waals surface area (Å²) < 4.78 is 0. The van der Waals surface area contributed by atoms with Crippen LogP contribution in [0.15, 0.2) is 53.9 Å². The van der Waals surface area contributed by atoms with Gasteiger partial charge in [-0.15, -0.1) is 11.3 Å². The van der Waals surface area contributed by atoms with E-state index in [2.05, 4.69) is 42.6 Å². The van der Waals surface area contributed by atoms with Gasteiger partial charge in [-0.3, -0.25) is 0 Å². The lowest BCUT2D eigenvalue weighted by Gasteiger charge is -2.12. The van der Waals surface area contributed by atoms with Crippen molar-refractivity contribution in [3.05, 3.63) is 69.9 Å². The zero-order chi connectivity index (χ0) is 13.2. The highest BCUT2D eigenvalue weighted by molar-refractivity contribution is 7.10. The summed E-state index contributed by atoms with van der Waals surface area (Å²) >= 11 is 1.63. The van der Waals surface area contributed by atoms with Crippen LogP contribution in [0.25, 0.3) is 10.8 Å². The van der Waals surface area contributed by atoms with Gasteiger partial charge in [-0.2, -0.15) is 0 Å². The summed E-state index contributed by atoms with van der Waals surface area (Å²) in [5.41, 5.74) is 2.21. The van der Waals surface area contributed by atoms with E-state index in [1.54, 1.807) is 11.3 Å². The Morgan fingerprint density at radius 2 is 1.84 bits per heavy atom. The number of fused-ring (bicyclic) bond motifs is 1. The Balaban J connectivity index is 2.04. The van der Waals surface area contributed by atoms with Gasteiger partial charge in [0.25, 0.3) is 0 Å². The SMILES string of the molecule is CCc1ccsc1C(O)c1ccc2ccccc2c1. The molecule has 2 aromatic carbocycles. The van der Waals surface area contributed by atoms with Gasteiger partial charge >= 0.3 is 0 Å². The largest absolute Gasteiger partial charge is 0.383 e. The Morgan fingerprint density at radius 1 is 1.05 bits per heavy atom. The molecule has 0 aliphatic heterocycles. The average molecular weight is 268 g/mol. The van der Waals surface area contributed by atoms with Crippen molar-refractivity contribution in [2.24, 2.45) is 0 Å². The van der Waals surface area contributed by atoms with Crippen molar-refractivity contribution in [1.29, 1.82) is 0 Å². The molecule has 0 saturated carbocycles. The zero-order valence-electron chi connectivity index (χ0n) is 10.8. The minimum atomic E-state index is -0.514. The Hall–Kier alpha value is -1.64. The molecule has 1 unspecified atom stereocenters. The zero-order valence-corrected chi connectivity index (χ0v) is 11.7. The molecule has 1 nitrogen and oxygen atoms in total. The standard InChI is InChI=1S/C17H16OS/c1-2-12-9-10-19-17(12)16(18)15-8-7-13-5-3-4-6-14(13)11-15/h3-11,16,18H,2H2,1H3. The van der Waals surface area contributed by atoms with Crippen LogP contribution < -0.4 is 0 Å². The van der Waals surface area contributed by atoms with Gasteiger partial charge in [0, 0.05) is 4.88 Å². The summed E-state index contributed by atoms with van der Waals surface area (Å²) in [5, 5.41) is 15.0. The summed E-state index contributed by atoms with van der Waals surface area (Å²) in [6, 6.07) is 16.5. The van der Waals surface area contributed by atoms with Crippen LogP contribution in [0.3, 0.4) is 0 Å². The predicted octanol–water partition coefficient (Wildman–Crippen LogP) is 4.55. The molecule has 0 saturated heterocycles. The number of aliphatic hydroxyl groups is 1. The normalized spacial score (nSPS) is 12.7. The van der Waals surface area contributed by atoms with Gasteiger partial charge in [-0.25, -0.2) is 0 Å². The van der Waals surface area contributed by atoms with Crippen molar-refractivity contribution in [1.82, 2.24) is 0 Å². The molecule has 3 aromatic rings. The van der Waals surface area contributed by atoms with Crippen LogP contribution in [0.2, 0.25) is 0 Å². The maximum atomic E-state index is 10.6. The van der Waals surface area contributed by atoms with Gasteiger partial charge < -0.3 is 5.11 Å². The second-order valence-corrected chi connectivity index (χ2v) is 5.62. The highest BCUT2D eigenvalue weighted by Gasteiger charge is 2.15. The van der Waals surface area contributed by atoms with E-state index in [0.717, 1.165) is 16.9 Å². The summed E-state index contributed by atoms with van der Waals surface area (Å²) in [7, 11) is 0. The fourth-order valence-corrected chi connectivity index (χ4v) is 3.42. The summed E-state index contributed by atoms with van der Waals surface area (Å²) in [4.78, 5) is 1.07. The van der Waals surface area contributed by atoms with Crippen LogP contribution in [-0.2, 0) is 6.42 Å². The lowest BCUT2D eigenvalue weighted by atomic mass is 10.0. The monoisotopic (exact) mass is 268 g/mol. The molecule has 0 radical (unpaired) electrons. The van der Waals surface area contributed by atoms with E-state index in [1.165, 1.54) is 16.3 Å². The lowest BCUT2D eigenvalue weighted by Crippen LogP contribution is -1.99. The maximum absolute atomic E-state index is 10.6. The second-order valence-electron chi connectivity index (χ2n) is 4.67. The molecule has 2 heteroatoms. The van der Waals surface area contributed by atoms with Crippen LogP contribution in [0.5, 0.6) is 0 Å². The lowest BCUT2D eigenvalue weighted by molar-refractivity contribution is 0.223. The molecule has 1 aromatic heterocycles. The van der Waals surface area contributed by atoms with Crippen molar-refractivity contribution in [3.63, 3.8) is 0 Å². The Bertz CT molecular complexity index is 699. The molecule has 0 amide bonds. The van der Waals surface area contributed by atoms with Crippen molar-refractivity contribution in [2.75, 3.05) is 0 Å². The summed E-state index contributed by atoms with van der Waals surface area (Å²) in [6.07, 6.45) is 0.447. The Kier molecular flexibility index (Phi) is 3.36. The van der Waals surface area contributed by atoms with Crippen molar-refractivity contribution in [3.8, 4) is 0 Å². The minimum Gasteiger partial charge on any atom is -0.383 e. The topological polar surface area (TPSA) is 20.2 Å². The average Bonchev–Trinajstić information content (AvgIpc) is 2.94. The third-order valence-corrected chi connectivity index (χ3v) is 4.51. The molecule has 0 aliphatic rings. The number of hydrogen-bond acceptors (Lipinski definition) is 2. The third kappa shape index (κ3) is 2.29. The van der Waals surface area contributed by atoms with Crippen molar-refractivity contribution in [2.45, 2.75) is 19.4 Å². The van der Waals surface area contributed by atoms with Gasteiger partial charge in [-0.1, -0.05) is 43.3 Å². The van der Waals surface area contributed by atoms with E-state index in [-0.39, 0.29) is 0 Å². The van der Waals surface area contributed by atoms with Crippen LogP contribution in [0.4, 0.5) is 0 Å². The summed E-state index contributed by atoms with van der Waals surface area (Å²) in [5.74, 6) is 0. The van der Waals surface area contributed by atoms with E-state index in [0.29, 0.717) is 0 Å². The molecule has 1 atom stereocenters. The van der Waals surface area contributed by atoms with Gasteiger partial charge in [-0.05, 0) is 45.8 Å². The van der Waals surface area contributed by atoms with E-state index in [4.69, 9.17) is 0 Å². The molecule has 1 N–H and O–H groups in total. The number of rotatable bonds is 3. The smallest absolute Gasteiger partial charge is 0.113 e. The summed E-state index contributed by atoms with van der Waals surface area (Å²) in [6.45, 7) is 2.12. The highest BCUT2D eigenvalue weighted by atomic mass is 32.1. The molecule has 19 heavy (non-hydrogen) atoms. The van der Waals surface area contributed by atoms with Gasteiger partial charge in [0.05, 0.1) is 0 Å². The fraction of sp³-hybridized carbons (Fsp3) is 0.176. The molecule has 1 heterocycles. The molecule has 96 valence electrons. The number of aliphatic hydroxyl groups excluding tert-OH is 1. The number of benzene rings is 2. The second kappa shape index (κ2) is 5.16. The fourth-order valence-electron chi connectivity index (χ4n) is 2.41. The molecular weight excluding hydrogens is 252 g/mol. The Labute approximate surface area is 117 Å². The van der Waals surface area contributed by atoms with Crippen LogP contribution in [0, 0.1) is 0 Å². The highest BCUT2D eigenvalue weighted by Crippen LogP contribution is 2.31. The molecule has 0 spiro atoms. The number of thiophene rings is 1. The van der Waals surface area contributed by atoms with Crippen LogP contribution in [-0.4, -0.2) is 5.11 Å².